The molecule has 0 amide bonds. The molecule has 2 rings (SSSR count). The Kier molecular flexibility index (Phi) is 4.16. The number of aliphatic hydroxyl groups is 1. The van der Waals surface area contributed by atoms with Crippen molar-refractivity contribution in [3.8, 4) is 0 Å². The van der Waals surface area contributed by atoms with Gasteiger partial charge in [0.1, 0.15) is 6.10 Å². The lowest BCUT2D eigenvalue weighted by atomic mass is 10.1. The van der Waals surface area contributed by atoms with Gasteiger partial charge in [-0.15, -0.1) is 5.10 Å². The van der Waals surface area contributed by atoms with Crippen molar-refractivity contribution < 1.29 is 5.11 Å². The molecule has 1 unspecified atom stereocenters. The highest BCUT2D eigenvalue weighted by atomic mass is 16.3. The van der Waals surface area contributed by atoms with Crippen molar-refractivity contribution in [3.63, 3.8) is 0 Å². The fourth-order valence-electron chi connectivity index (χ4n) is 1.99. The van der Waals surface area contributed by atoms with Crippen LogP contribution in [0.25, 0.3) is 0 Å². The molecule has 19 heavy (non-hydrogen) atoms. The summed E-state index contributed by atoms with van der Waals surface area (Å²) in [6.07, 6.45) is 1.90. The number of hydrogen-bond donors (Lipinski definition) is 1. The quantitative estimate of drug-likeness (QED) is 0.891. The van der Waals surface area contributed by atoms with Crippen molar-refractivity contribution in [2.75, 3.05) is 19.0 Å². The topological polar surface area (TPSA) is 54.2 Å². The van der Waals surface area contributed by atoms with Gasteiger partial charge in [0.25, 0.3) is 0 Å². The maximum Gasteiger partial charge on any atom is 0.122 e. The minimum absolute atomic E-state index is 0.683. The van der Waals surface area contributed by atoms with Crippen molar-refractivity contribution in [3.05, 3.63) is 41.7 Å². The van der Waals surface area contributed by atoms with E-state index in [1.54, 1.807) is 10.9 Å². The second-order valence-corrected chi connectivity index (χ2v) is 4.77. The number of benzene rings is 1. The molecule has 0 saturated heterocycles. The number of nitrogens with zero attached hydrogens (tertiary/aromatic N) is 4. The molecule has 5 nitrogen and oxygen atoms in total. The lowest BCUT2D eigenvalue weighted by molar-refractivity contribution is 0.207. The summed E-state index contributed by atoms with van der Waals surface area (Å²) in [5.41, 5.74) is 2.70. The summed E-state index contributed by atoms with van der Waals surface area (Å²) >= 11 is 0. The lowest BCUT2D eigenvalue weighted by Gasteiger charge is -2.15. The van der Waals surface area contributed by atoms with E-state index in [1.807, 2.05) is 43.3 Å². The Morgan fingerprint density at radius 3 is 2.53 bits per heavy atom. The molecule has 0 aliphatic heterocycles. The van der Waals surface area contributed by atoms with Gasteiger partial charge >= 0.3 is 0 Å². The summed E-state index contributed by atoms with van der Waals surface area (Å²) in [6.45, 7) is 2.84. The molecule has 0 fully saturated rings. The Morgan fingerprint density at radius 2 is 1.95 bits per heavy atom. The van der Waals surface area contributed by atoms with Crippen molar-refractivity contribution in [2.24, 2.45) is 0 Å². The largest absolute Gasteiger partial charge is 0.382 e. The van der Waals surface area contributed by atoms with Crippen molar-refractivity contribution in [1.29, 1.82) is 0 Å². The van der Waals surface area contributed by atoms with Gasteiger partial charge in [0.05, 0.1) is 11.9 Å². The average Bonchev–Trinajstić information content (AvgIpc) is 2.87. The molecule has 1 aromatic carbocycles. The molecular formula is C14H20N4O. The van der Waals surface area contributed by atoms with E-state index in [0.29, 0.717) is 0 Å². The SMILES string of the molecule is CCCn1nncc1C(O)c1ccc(N(C)C)cc1. The van der Waals surface area contributed by atoms with Crippen molar-refractivity contribution >= 4 is 5.69 Å². The zero-order valence-electron chi connectivity index (χ0n) is 11.6. The molecule has 0 bridgehead atoms. The fraction of sp³-hybridized carbons (Fsp3) is 0.429. The first-order valence-corrected chi connectivity index (χ1v) is 6.47. The first kappa shape index (κ1) is 13.5. The lowest BCUT2D eigenvalue weighted by Crippen LogP contribution is -2.11. The van der Waals surface area contributed by atoms with Gasteiger partial charge in [0, 0.05) is 26.3 Å². The molecule has 1 atom stereocenters. The molecule has 0 saturated carbocycles. The fourth-order valence-corrected chi connectivity index (χ4v) is 1.99. The van der Waals surface area contributed by atoms with Crippen LogP contribution >= 0.6 is 0 Å². The molecule has 1 heterocycles. The monoisotopic (exact) mass is 260 g/mol. The first-order chi connectivity index (χ1) is 9.13. The Balaban J connectivity index is 2.23. The van der Waals surface area contributed by atoms with E-state index in [1.165, 1.54) is 0 Å². The standard InChI is InChI=1S/C14H20N4O/c1-4-9-18-13(10-15-16-18)14(19)11-5-7-12(8-6-11)17(2)3/h5-8,10,14,19H,4,9H2,1-3H3. The predicted molar refractivity (Wildman–Crippen MR) is 75.1 cm³/mol. The Hall–Kier alpha value is -1.88. The minimum Gasteiger partial charge on any atom is -0.382 e. The van der Waals surface area contributed by atoms with Crippen LogP contribution in [0.4, 0.5) is 5.69 Å². The van der Waals surface area contributed by atoms with Crippen molar-refractivity contribution in [2.45, 2.75) is 26.0 Å². The van der Waals surface area contributed by atoms with E-state index in [4.69, 9.17) is 0 Å². The molecule has 0 radical (unpaired) electrons. The highest BCUT2D eigenvalue weighted by Gasteiger charge is 2.16. The van der Waals surface area contributed by atoms with E-state index in [-0.39, 0.29) is 0 Å². The molecule has 1 aromatic heterocycles. The average molecular weight is 260 g/mol. The molecule has 2 aromatic rings. The summed E-state index contributed by atoms with van der Waals surface area (Å²) < 4.78 is 1.75. The van der Waals surface area contributed by atoms with E-state index < -0.39 is 6.10 Å². The third kappa shape index (κ3) is 2.93. The number of rotatable bonds is 5. The zero-order valence-corrected chi connectivity index (χ0v) is 11.6. The number of aryl methyl sites for hydroxylation is 1. The first-order valence-electron chi connectivity index (χ1n) is 6.47. The summed E-state index contributed by atoms with van der Waals surface area (Å²) in [4.78, 5) is 2.03. The molecule has 0 aliphatic rings. The smallest absolute Gasteiger partial charge is 0.122 e. The number of aromatic nitrogens is 3. The van der Waals surface area contributed by atoms with Gasteiger partial charge in [0.2, 0.25) is 0 Å². The summed E-state index contributed by atoms with van der Waals surface area (Å²) in [6, 6.07) is 7.85. The molecule has 5 heteroatoms. The van der Waals surface area contributed by atoms with Gasteiger partial charge < -0.3 is 10.0 Å². The van der Waals surface area contributed by atoms with Crippen LogP contribution in [0.3, 0.4) is 0 Å². The molecule has 0 aliphatic carbocycles. The third-order valence-corrected chi connectivity index (χ3v) is 3.09. The van der Waals surface area contributed by atoms with Crippen molar-refractivity contribution in [1.82, 2.24) is 15.0 Å². The second kappa shape index (κ2) is 5.84. The number of aliphatic hydroxyl groups excluding tert-OH is 1. The number of hydrogen-bond acceptors (Lipinski definition) is 4. The van der Waals surface area contributed by atoms with Crippen LogP contribution in [0.15, 0.2) is 30.5 Å². The highest BCUT2D eigenvalue weighted by Crippen LogP contribution is 2.23. The van der Waals surface area contributed by atoms with E-state index >= 15 is 0 Å². The maximum absolute atomic E-state index is 10.4. The normalized spacial score (nSPS) is 12.4. The van der Waals surface area contributed by atoms with E-state index in [9.17, 15) is 5.11 Å². The van der Waals surface area contributed by atoms with Crippen LogP contribution in [0.1, 0.15) is 30.7 Å². The predicted octanol–water partition coefficient (Wildman–Crippen LogP) is 1.84. The zero-order chi connectivity index (χ0) is 13.8. The molecule has 102 valence electrons. The third-order valence-electron chi connectivity index (χ3n) is 3.09. The summed E-state index contributed by atoms with van der Waals surface area (Å²) in [7, 11) is 3.98. The van der Waals surface area contributed by atoms with Crippen LogP contribution in [-0.4, -0.2) is 34.2 Å². The van der Waals surface area contributed by atoms with Gasteiger partial charge in [-0.1, -0.05) is 24.3 Å². The Morgan fingerprint density at radius 1 is 1.26 bits per heavy atom. The Bertz CT molecular complexity index is 518. The van der Waals surface area contributed by atoms with Crippen LogP contribution in [-0.2, 0) is 6.54 Å². The summed E-state index contributed by atoms with van der Waals surface area (Å²) in [5, 5.41) is 18.3. The van der Waals surface area contributed by atoms with Crippen LogP contribution < -0.4 is 4.90 Å². The minimum atomic E-state index is -0.683. The molecular weight excluding hydrogens is 240 g/mol. The highest BCUT2D eigenvalue weighted by molar-refractivity contribution is 5.46. The van der Waals surface area contributed by atoms with Gasteiger partial charge in [-0.05, 0) is 24.1 Å². The van der Waals surface area contributed by atoms with Crippen LogP contribution in [0.2, 0.25) is 0 Å². The Labute approximate surface area is 113 Å². The van der Waals surface area contributed by atoms with Crippen LogP contribution in [0.5, 0.6) is 0 Å². The van der Waals surface area contributed by atoms with E-state index in [2.05, 4.69) is 17.2 Å². The summed E-state index contributed by atoms with van der Waals surface area (Å²) in [5.74, 6) is 0. The van der Waals surface area contributed by atoms with Gasteiger partial charge in [0.15, 0.2) is 0 Å². The van der Waals surface area contributed by atoms with Crippen LogP contribution in [0, 0.1) is 0 Å². The second-order valence-electron chi connectivity index (χ2n) is 4.77. The van der Waals surface area contributed by atoms with Gasteiger partial charge in [-0.25, -0.2) is 4.68 Å². The maximum atomic E-state index is 10.4. The number of anilines is 1. The molecule has 1 N–H and O–H groups in total. The van der Waals surface area contributed by atoms with Gasteiger partial charge in [-0.3, -0.25) is 0 Å². The van der Waals surface area contributed by atoms with Gasteiger partial charge in [-0.2, -0.15) is 0 Å². The molecule has 0 spiro atoms. The van der Waals surface area contributed by atoms with E-state index in [0.717, 1.165) is 29.9 Å².